The van der Waals surface area contributed by atoms with Gasteiger partial charge < -0.3 is 15.4 Å². The number of hydrogen-bond acceptors (Lipinski definition) is 3. The van der Waals surface area contributed by atoms with Crippen LogP contribution in [0.15, 0.2) is 18.2 Å². The average Bonchev–Trinajstić information content (AvgIpc) is 2.37. The number of nitrogens with one attached hydrogen (secondary N) is 2. The third-order valence-corrected chi connectivity index (χ3v) is 3.14. The number of amides is 2. The molecular weight excluding hydrogens is 292 g/mol. The number of hydrogen-bond donors (Lipinski definition) is 2. The fourth-order valence-corrected chi connectivity index (χ4v) is 1.73. The molecule has 6 heteroatoms. The Labute approximate surface area is 130 Å². The largest absolute Gasteiger partial charge is 0.495 e. The van der Waals surface area contributed by atoms with E-state index in [1.54, 1.807) is 45.9 Å². The van der Waals surface area contributed by atoms with Crippen LogP contribution in [0.3, 0.4) is 0 Å². The van der Waals surface area contributed by atoms with Gasteiger partial charge in [-0.15, -0.1) is 0 Å². The fourth-order valence-electron chi connectivity index (χ4n) is 1.47. The Bertz CT molecular complexity index is 538. The predicted octanol–water partition coefficient (Wildman–Crippen LogP) is 2.84. The quantitative estimate of drug-likeness (QED) is 0.898. The molecule has 5 nitrogen and oxygen atoms in total. The van der Waals surface area contributed by atoms with Crippen LogP contribution in [0.25, 0.3) is 0 Å². The molecule has 0 heterocycles. The van der Waals surface area contributed by atoms with Gasteiger partial charge in [0.2, 0.25) is 11.8 Å². The maximum atomic E-state index is 12.0. The summed E-state index contributed by atoms with van der Waals surface area (Å²) in [6.07, 6.45) is 0. The molecule has 1 unspecified atom stereocenters. The van der Waals surface area contributed by atoms with Crippen LogP contribution in [-0.2, 0) is 9.59 Å². The van der Waals surface area contributed by atoms with E-state index in [-0.39, 0.29) is 11.8 Å². The SMILES string of the molecule is COc1ccc(NC(=O)C(C)NC(=O)C(C)(C)C)cc1Cl. The molecule has 0 spiro atoms. The predicted molar refractivity (Wildman–Crippen MR) is 83.7 cm³/mol. The zero-order valence-electron chi connectivity index (χ0n) is 12.9. The van der Waals surface area contributed by atoms with Gasteiger partial charge in [0, 0.05) is 11.1 Å². The Morgan fingerprint density at radius 1 is 1.29 bits per heavy atom. The number of ether oxygens (including phenoxy) is 1. The van der Waals surface area contributed by atoms with E-state index < -0.39 is 11.5 Å². The van der Waals surface area contributed by atoms with Gasteiger partial charge in [0.1, 0.15) is 11.8 Å². The van der Waals surface area contributed by atoms with E-state index in [0.717, 1.165) is 0 Å². The van der Waals surface area contributed by atoms with Crippen molar-refractivity contribution in [3.8, 4) is 5.75 Å². The van der Waals surface area contributed by atoms with Crippen LogP contribution in [0.1, 0.15) is 27.7 Å². The van der Waals surface area contributed by atoms with Gasteiger partial charge in [0.15, 0.2) is 0 Å². The van der Waals surface area contributed by atoms with Crippen LogP contribution < -0.4 is 15.4 Å². The Morgan fingerprint density at radius 3 is 2.38 bits per heavy atom. The normalized spacial score (nSPS) is 12.5. The lowest BCUT2D eigenvalue weighted by molar-refractivity contribution is -0.131. The van der Waals surface area contributed by atoms with Crippen LogP contribution in [0.4, 0.5) is 5.69 Å². The van der Waals surface area contributed by atoms with Crippen molar-refractivity contribution in [2.24, 2.45) is 5.41 Å². The maximum absolute atomic E-state index is 12.0. The summed E-state index contributed by atoms with van der Waals surface area (Å²) in [4.78, 5) is 23.9. The van der Waals surface area contributed by atoms with Gasteiger partial charge in [-0.1, -0.05) is 32.4 Å². The van der Waals surface area contributed by atoms with Gasteiger partial charge in [0.05, 0.1) is 12.1 Å². The molecule has 0 saturated heterocycles. The lowest BCUT2D eigenvalue weighted by Crippen LogP contribution is -2.46. The van der Waals surface area contributed by atoms with Crippen molar-refractivity contribution < 1.29 is 14.3 Å². The lowest BCUT2D eigenvalue weighted by Gasteiger charge is -2.21. The highest BCUT2D eigenvalue weighted by molar-refractivity contribution is 6.32. The number of anilines is 1. The van der Waals surface area contributed by atoms with Crippen LogP contribution in [0.2, 0.25) is 5.02 Å². The number of methoxy groups -OCH3 is 1. The second-order valence-electron chi connectivity index (χ2n) is 5.78. The standard InChI is InChI=1S/C15H21ClN2O3/c1-9(17-14(20)15(2,3)4)13(19)18-10-6-7-12(21-5)11(16)8-10/h6-9H,1-5H3,(H,17,20)(H,18,19). The summed E-state index contributed by atoms with van der Waals surface area (Å²) >= 11 is 5.99. The molecule has 0 aromatic heterocycles. The van der Waals surface area contributed by atoms with E-state index in [9.17, 15) is 9.59 Å². The van der Waals surface area contributed by atoms with Crippen molar-refractivity contribution in [3.05, 3.63) is 23.2 Å². The number of carbonyl (C=O) groups is 2. The summed E-state index contributed by atoms with van der Waals surface area (Å²) in [6.45, 7) is 6.99. The van der Waals surface area contributed by atoms with Gasteiger partial charge in [-0.05, 0) is 25.1 Å². The molecule has 0 aliphatic heterocycles. The molecule has 1 aromatic carbocycles. The zero-order valence-corrected chi connectivity index (χ0v) is 13.7. The second kappa shape index (κ2) is 6.80. The molecule has 0 aliphatic rings. The third-order valence-electron chi connectivity index (χ3n) is 2.84. The summed E-state index contributed by atoms with van der Waals surface area (Å²) in [7, 11) is 1.52. The fraction of sp³-hybridized carbons (Fsp3) is 0.467. The second-order valence-corrected chi connectivity index (χ2v) is 6.19. The molecule has 2 N–H and O–H groups in total. The summed E-state index contributed by atoms with van der Waals surface area (Å²) < 4.78 is 5.04. The molecule has 0 radical (unpaired) electrons. The van der Waals surface area contributed by atoms with Crippen molar-refractivity contribution >= 4 is 29.1 Å². The highest BCUT2D eigenvalue weighted by Crippen LogP contribution is 2.27. The number of carbonyl (C=O) groups excluding carboxylic acids is 2. The molecule has 2 amide bonds. The molecule has 0 fully saturated rings. The smallest absolute Gasteiger partial charge is 0.246 e. The first-order chi connectivity index (χ1) is 9.65. The first-order valence-electron chi connectivity index (χ1n) is 6.60. The van der Waals surface area contributed by atoms with E-state index in [2.05, 4.69) is 10.6 Å². The Morgan fingerprint density at radius 2 is 1.90 bits per heavy atom. The van der Waals surface area contributed by atoms with Gasteiger partial charge >= 0.3 is 0 Å². The monoisotopic (exact) mass is 312 g/mol. The molecule has 1 atom stereocenters. The lowest BCUT2D eigenvalue weighted by atomic mass is 9.95. The van der Waals surface area contributed by atoms with Gasteiger partial charge in [-0.25, -0.2) is 0 Å². The van der Waals surface area contributed by atoms with Crippen LogP contribution in [0.5, 0.6) is 5.75 Å². The first-order valence-corrected chi connectivity index (χ1v) is 6.98. The van der Waals surface area contributed by atoms with Crippen molar-refractivity contribution in [1.82, 2.24) is 5.32 Å². The zero-order chi connectivity index (χ0) is 16.2. The summed E-state index contributed by atoms with van der Waals surface area (Å²) in [5.41, 5.74) is 0.000438. The van der Waals surface area contributed by atoms with E-state index in [1.807, 2.05) is 0 Å². The third kappa shape index (κ3) is 4.93. The molecule has 21 heavy (non-hydrogen) atoms. The Hall–Kier alpha value is -1.75. The molecule has 0 bridgehead atoms. The van der Waals surface area contributed by atoms with Crippen LogP contribution >= 0.6 is 11.6 Å². The molecular formula is C15H21ClN2O3. The van der Waals surface area contributed by atoms with E-state index in [1.165, 1.54) is 7.11 Å². The maximum Gasteiger partial charge on any atom is 0.246 e. The van der Waals surface area contributed by atoms with Crippen molar-refractivity contribution in [3.63, 3.8) is 0 Å². The van der Waals surface area contributed by atoms with Gasteiger partial charge in [-0.3, -0.25) is 9.59 Å². The van der Waals surface area contributed by atoms with Crippen LogP contribution in [-0.4, -0.2) is 25.0 Å². The molecule has 0 aliphatic carbocycles. The minimum atomic E-state index is -0.641. The summed E-state index contributed by atoms with van der Waals surface area (Å²) in [6, 6.07) is 4.30. The van der Waals surface area contributed by atoms with E-state index in [4.69, 9.17) is 16.3 Å². The molecule has 1 rings (SSSR count). The van der Waals surface area contributed by atoms with Gasteiger partial charge in [0.25, 0.3) is 0 Å². The number of halogens is 1. The average molecular weight is 313 g/mol. The molecule has 0 saturated carbocycles. The van der Waals surface area contributed by atoms with Crippen LogP contribution in [0, 0.1) is 5.41 Å². The van der Waals surface area contributed by atoms with Gasteiger partial charge in [-0.2, -0.15) is 0 Å². The topological polar surface area (TPSA) is 67.4 Å². The number of benzene rings is 1. The highest BCUT2D eigenvalue weighted by Gasteiger charge is 2.25. The Balaban J connectivity index is 2.68. The summed E-state index contributed by atoms with van der Waals surface area (Å²) in [5.74, 6) is 0.0375. The van der Waals surface area contributed by atoms with E-state index >= 15 is 0 Å². The minimum absolute atomic E-state index is 0.182. The van der Waals surface area contributed by atoms with Crippen molar-refractivity contribution in [2.75, 3.05) is 12.4 Å². The summed E-state index contributed by atoms with van der Waals surface area (Å²) in [5, 5.41) is 5.77. The molecule has 116 valence electrons. The van der Waals surface area contributed by atoms with Crippen molar-refractivity contribution in [2.45, 2.75) is 33.7 Å². The Kier molecular flexibility index (Phi) is 5.61. The number of rotatable bonds is 4. The first kappa shape index (κ1) is 17.3. The minimum Gasteiger partial charge on any atom is -0.495 e. The van der Waals surface area contributed by atoms with E-state index in [0.29, 0.717) is 16.5 Å². The highest BCUT2D eigenvalue weighted by atomic mass is 35.5. The van der Waals surface area contributed by atoms with Crippen molar-refractivity contribution in [1.29, 1.82) is 0 Å². The molecule has 1 aromatic rings.